The number of hydrogen-bond acceptors (Lipinski definition) is 4. The second-order valence-corrected chi connectivity index (χ2v) is 11.3. The Bertz CT molecular complexity index is 1990. The van der Waals surface area contributed by atoms with Gasteiger partial charge in [-0.05, 0) is 87.8 Å². The summed E-state index contributed by atoms with van der Waals surface area (Å²) >= 11 is 0. The van der Waals surface area contributed by atoms with E-state index in [4.69, 9.17) is 5.73 Å². The molecule has 0 saturated carbocycles. The number of nitrogens with two attached hydrogens (primary N) is 1. The molecule has 4 aromatic rings. The van der Waals surface area contributed by atoms with Crippen LogP contribution in [0.5, 0.6) is 0 Å². The highest BCUT2D eigenvalue weighted by Gasteiger charge is 2.34. The number of nitrogens with one attached hydrogen (secondary N) is 2. The minimum absolute atomic E-state index is 0.0130. The van der Waals surface area contributed by atoms with E-state index in [2.05, 4.69) is 16.5 Å². The quantitative estimate of drug-likeness (QED) is 0.243. The fraction of sp³-hybridized carbons (Fsp3) is 0.281. The number of aryl methyl sites for hydroxylation is 1. The number of carbonyl (C=O) groups excluding carboxylic acids is 1. The van der Waals surface area contributed by atoms with Crippen LogP contribution in [0, 0.1) is 17.6 Å². The molecule has 0 unspecified atom stereocenters. The summed E-state index contributed by atoms with van der Waals surface area (Å²) in [5, 5.41) is 11.1. The number of benzene rings is 2. The zero-order chi connectivity index (χ0) is 30.7. The number of aromatic amines is 2. The van der Waals surface area contributed by atoms with Gasteiger partial charge in [0.25, 0.3) is 11.5 Å². The Hall–Kier alpha value is -4.57. The van der Waals surface area contributed by atoms with Crippen molar-refractivity contribution in [3.8, 4) is 0 Å². The van der Waals surface area contributed by atoms with Crippen molar-refractivity contribution in [3.05, 3.63) is 103 Å². The first-order chi connectivity index (χ1) is 19.8. The zero-order valence-electron chi connectivity index (χ0n) is 23.8. The van der Waals surface area contributed by atoms with Crippen LogP contribution < -0.4 is 17.0 Å². The number of primary amides is 1. The van der Waals surface area contributed by atoms with Crippen LogP contribution in [0.15, 0.2) is 58.2 Å². The number of nitrogens with zero attached hydrogens (tertiary/aromatic N) is 1. The van der Waals surface area contributed by atoms with Gasteiger partial charge in [0.05, 0.1) is 27.6 Å². The van der Waals surface area contributed by atoms with Gasteiger partial charge in [0.1, 0.15) is 11.6 Å². The molecule has 0 aliphatic heterocycles. The number of hydrogen-bond donors (Lipinski definition) is 4. The summed E-state index contributed by atoms with van der Waals surface area (Å²) in [5.74, 6) is -2.32. The highest BCUT2D eigenvalue weighted by atomic mass is 19.1. The van der Waals surface area contributed by atoms with E-state index in [1.54, 1.807) is 33.8 Å². The number of H-pyrrole nitrogens is 2. The highest BCUT2D eigenvalue weighted by molar-refractivity contribution is 6.11. The lowest BCUT2D eigenvalue weighted by atomic mass is 9.77. The lowest BCUT2D eigenvalue weighted by Gasteiger charge is -2.32. The molecule has 8 nitrogen and oxygen atoms in total. The molecule has 1 aliphatic carbocycles. The fourth-order valence-corrected chi connectivity index (χ4v) is 6.02. The van der Waals surface area contributed by atoms with Gasteiger partial charge in [-0.1, -0.05) is 24.8 Å². The number of carbonyl (C=O) groups is 1. The normalized spacial score (nSPS) is 16.5. The van der Waals surface area contributed by atoms with Crippen LogP contribution in [0.25, 0.3) is 33.1 Å². The van der Waals surface area contributed by atoms with E-state index in [-0.39, 0.29) is 33.6 Å². The van der Waals surface area contributed by atoms with Crippen molar-refractivity contribution < 1.29 is 18.7 Å². The maximum atomic E-state index is 16.1. The molecular formula is C32H32F2N4O4. The van der Waals surface area contributed by atoms with Crippen LogP contribution in [0.4, 0.5) is 8.78 Å². The third kappa shape index (κ3) is 4.61. The Morgan fingerprint density at radius 2 is 1.88 bits per heavy atom. The molecular weight excluding hydrogens is 542 g/mol. The number of halogens is 2. The predicted octanol–water partition coefficient (Wildman–Crippen LogP) is 4.94. The van der Waals surface area contributed by atoms with Gasteiger partial charge >= 0.3 is 5.69 Å². The first kappa shape index (κ1) is 28.9. The third-order valence-electron chi connectivity index (χ3n) is 8.40. The number of fused-ring (bicyclic) bond motifs is 4. The second kappa shape index (κ2) is 10.4. The average molecular weight is 575 g/mol. The summed E-state index contributed by atoms with van der Waals surface area (Å²) in [4.78, 5) is 44.5. The van der Waals surface area contributed by atoms with Gasteiger partial charge in [0.15, 0.2) is 0 Å². The van der Waals surface area contributed by atoms with Gasteiger partial charge in [0, 0.05) is 22.3 Å². The number of allylic oxidation sites excluding steroid dienone is 5. The second-order valence-electron chi connectivity index (χ2n) is 11.3. The summed E-state index contributed by atoms with van der Waals surface area (Å²) in [6.45, 7) is 10.5. The van der Waals surface area contributed by atoms with Crippen molar-refractivity contribution in [1.82, 2.24) is 14.5 Å². The third-order valence-corrected chi connectivity index (χ3v) is 8.40. The molecule has 2 aromatic carbocycles. The molecule has 2 aromatic heterocycles. The lowest BCUT2D eigenvalue weighted by molar-refractivity contribution is 0.0107. The van der Waals surface area contributed by atoms with Crippen LogP contribution in [-0.2, 0) is 12.8 Å². The van der Waals surface area contributed by atoms with Crippen molar-refractivity contribution >= 4 is 39.0 Å². The van der Waals surface area contributed by atoms with Crippen LogP contribution >= 0.6 is 0 Å². The van der Waals surface area contributed by atoms with Gasteiger partial charge in [-0.15, -0.1) is 0 Å². The largest absolute Gasteiger partial charge is 0.390 e. The molecule has 218 valence electrons. The van der Waals surface area contributed by atoms with E-state index in [1.807, 2.05) is 0 Å². The lowest BCUT2D eigenvalue weighted by Crippen LogP contribution is -2.35. The maximum Gasteiger partial charge on any atom is 0.333 e. The first-order valence-electron chi connectivity index (χ1n) is 13.6. The highest BCUT2D eigenvalue weighted by Crippen LogP contribution is 2.42. The first-order valence-corrected chi connectivity index (χ1v) is 13.6. The number of para-hydroxylation sites is 1. The molecule has 0 radical (unpaired) electrons. The van der Waals surface area contributed by atoms with Gasteiger partial charge < -0.3 is 20.8 Å². The fourth-order valence-electron chi connectivity index (χ4n) is 6.02. The van der Waals surface area contributed by atoms with Gasteiger partial charge in [0.2, 0.25) is 0 Å². The van der Waals surface area contributed by atoms with Crippen molar-refractivity contribution in [2.45, 2.75) is 52.6 Å². The van der Waals surface area contributed by atoms with E-state index in [9.17, 15) is 23.9 Å². The molecule has 1 atom stereocenters. The van der Waals surface area contributed by atoms with Crippen LogP contribution in [-0.4, -0.2) is 31.1 Å². The Morgan fingerprint density at radius 1 is 1.17 bits per heavy atom. The molecule has 0 saturated heterocycles. The number of rotatable bonds is 6. The molecule has 0 spiro atoms. The smallest absolute Gasteiger partial charge is 0.333 e. The Morgan fingerprint density at radius 3 is 2.52 bits per heavy atom. The Labute approximate surface area is 239 Å². The van der Waals surface area contributed by atoms with Gasteiger partial charge in [-0.2, -0.15) is 0 Å². The van der Waals surface area contributed by atoms with E-state index in [1.165, 1.54) is 18.2 Å². The standard InChI is InChI=1S/C32H32F2N4O4/c1-6-8-18(15(2)16(3)38-30(40)20-9-7-10-22(33)27(20)37-31(38)41)25-23(34)14-21(29(35)39)28-26(25)19-12-11-17(32(4,5)42)13-24(19)36-28/h6-10,14,17,36,42H,1,11-13H2,2-5H3,(H2,35,39)(H,37,41)/b16-15+,18-8+/t17-/m1/s1. The van der Waals surface area contributed by atoms with Crippen molar-refractivity contribution in [1.29, 1.82) is 0 Å². The molecule has 10 heteroatoms. The van der Waals surface area contributed by atoms with Gasteiger partial charge in [-0.25, -0.2) is 18.1 Å². The number of amides is 1. The Kier molecular flexibility index (Phi) is 7.14. The summed E-state index contributed by atoms with van der Waals surface area (Å²) in [7, 11) is 0. The summed E-state index contributed by atoms with van der Waals surface area (Å²) < 4.78 is 31.3. The molecule has 5 N–H and O–H groups in total. The molecule has 2 heterocycles. The maximum absolute atomic E-state index is 16.1. The topological polar surface area (TPSA) is 134 Å². The average Bonchev–Trinajstić information content (AvgIpc) is 3.30. The number of aromatic nitrogens is 3. The van der Waals surface area contributed by atoms with Crippen molar-refractivity contribution in [3.63, 3.8) is 0 Å². The minimum atomic E-state index is -0.941. The SMILES string of the molecule is C=C/C=C(\C(C)=C(/C)n1c(=O)[nH]c2c(F)cccc2c1=O)c1c(F)cc(C(N)=O)c2[nH]c3c(c12)CC[C@@H](C(C)(C)O)C3. The molecule has 0 fully saturated rings. The summed E-state index contributed by atoms with van der Waals surface area (Å²) in [6.07, 6.45) is 4.67. The minimum Gasteiger partial charge on any atom is -0.390 e. The van der Waals surface area contributed by atoms with Crippen LogP contribution in [0.2, 0.25) is 0 Å². The van der Waals surface area contributed by atoms with Gasteiger partial charge in [-0.3, -0.25) is 9.59 Å². The summed E-state index contributed by atoms with van der Waals surface area (Å²) in [6, 6.07) is 5.01. The molecule has 1 amide bonds. The molecule has 42 heavy (non-hydrogen) atoms. The van der Waals surface area contributed by atoms with E-state index in [0.29, 0.717) is 41.3 Å². The van der Waals surface area contributed by atoms with Crippen molar-refractivity contribution in [2.75, 3.05) is 0 Å². The zero-order valence-corrected chi connectivity index (χ0v) is 23.8. The number of aliphatic hydroxyl groups is 1. The van der Waals surface area contributed by atoms with E-state index in [0.717, 1.165) is 28.0 Å². The molecule has 0 bridgehead atoms. The predicted molar refractivity (Wildman–Crippen MR) is 160 cm³/mol. The van der Waals surface area contributed by atoms with Crippen molar-refractivity contribution in [2.24, 2.45) is 11.7 Å². The van der Waals surface area contributed by atoms with E-state index < -0.39 is 34.4 Å². The Balaban J connectivity index is 1.80. The van der Waals surface area contributed by atoms with Crippen LogP contribution in [0.1, 0.15) is 61.3 Å². The molecule has 5 rings (SSSR count). The summed E-state index contributed by atoms with van der Waals surface area (Å²) in [5.41, 5.74) is 5.94. The van der Waals surface area contributed by atoms with E-state index >= 15 is 4.39 Å². The van der Waals surface area contributed by atoms with Crippen LogP contribution in [0.3, 0.4) is 0 Å². The molecule has 1 aliphatic rings. The monoisotopic (exact) mass is 574 g/mol.